The van der Waals surface area contributed by atoms with Crippen molar-refractivity contribution in [3.05, 3.63) is 23.8 Å². The summed E-state index contributed by atoms with van der Waals surface area (Å²) in [6, 6.07) is 2.33. The van der Waals surface area contributed by atoms with Gasteiger partial charge >= 0.3 is 12.3 Å². The normalized spacial score (nSPS) is 17.6. The maximum atomic E-state index is 13.0. The molecule has 2 amide bonds. The van der Waals surface area contributed by atoms with E-state index in [1.54, 1.807) is 0 Å². The molecule has 1 N–H and O–H groups in total. The summed E-state index contributed by atoms with van der Waals surface area (Å²) in [6.45, 7) is -0.499. The third-order valence-electron chi connectivity index (χ3n) is 3.86. The first-order valence-corrected chi connectivity index (χ1v) is 9.36. The number of ether oxygens (including phenoxy) is 2. The van der Waals surface area contributed by atoms with Gasteiger partial charge in [0.15, 0.2) is 6.23 Å². The number of amides is 2. The van der Waals surface area contributed by atoms with E-state index in [0.717, 1.165) is 17.0 Å². The van der Waals surface area contributed by atoms with Gasteiger partial charge in [-0.25, -0.2) is 4.79 Å². The number of carbonyl (C=O) groups is 2. The van der Waals surface area contributed by atoms with Gasteiger partial charge in [-0.2, -0.15) is 13.2 Å². The molecule has 1 aliphatic heterocycles. The van der Waals surface area contributed by atoms with E-state index in [2.05, 4.69) is 10.1 Å². The van der Waals surface area contributed by atoms with E-state index in [0.29, 0.717) is 25.3 Å². The van der Waals surface area contributed by atoms with Gasteiger partial charge in [0, 0.05) is 13.0 Å². The van der Waals surface area contributed by atoms with Crippen molar-refractivity contribution in [3.63, 3.8) is 0 Å². The zero-order chi connectivity index (χ0) is 21.8. The summed E-state index contributed by atoms with van der Waals surface area (Å²) in [6.07, 6.45) is -6.81. The van der Waals surface area contributed by atoms with Gasteiger partial charge in [-0.05, 0) is 31.0 Å². The largest absolute Gasteiger partial charge is 0.530 e. The molecular weight excluding hydrogens is 464 g/mol. The van der Waals surface area contributed by atoms with Crippen LogP contribution in [0.15, 0.2) is 18.2 Å². The van der Waals surface area contributed by atoms with Crippen molar-refractivity contribution < 1.29 is 37.3 Å². The van der Waals surface area contributed by atoms with E-state index in [1.807, 2.05) is 0 Å². The van der Waals surface area contributed by atoms with Crippen molar-refractivity contribution >= 4 is 52.7 Å². The summed E-state index contributed by atoms with van der Waals surface area (Å²) in [5.41, 5.74) is -1.46. The van der Waals surface area contributed by atoms with Crippen LogP contribution in [0.2, 0.25) is 0 Å². The molecule has 0 bridgehead atoms. The number of hydrogen-bond acceptors (Lipinski definition) is 5. The lowest BCUT2D eigenvalue weighted by Gasteiger charge is -2.37. The molecule has 1 saturated heterocycles. The number of carbonyl (C=O) groups excluding carboxylic acids is 2. The van der Waals surface area contributed by atoms with Crippen LogP contribution in [0, 0.1) is 0 Å². The van der Waals surface area contributed by atoms with Crippen LogP contribution in [0.1, 0.15) is 24.8 Å². The van der Waals surface area contributed by atoms with Gasteiger partial charge < -0.3 is 24.3 Å². The predicted octanol–water partition coefficient (Wildman–Crippen LogP) is 4.16. The highest BCUT2D eigenvalue weighted by molar-refractivity contribution is 6.67. The Morgan fingerprint density at radius 2 is 1.93 bits per heavy atom. The number of nitrogens with one attached hydrogen (secondary N) is 1. The van der Waals surface area contributed by atoms with E-state index < -0.39 is 46.2 Å². The van der Waals surface area contributed by atoms with Crippen molar-refractivity contribution in [1.29, 1.82) is 0 Å². The van der Waals surface area contributed by atoms with Crippen molar-refractivity contribution in [3.8, 4) is 5.75 Å². The van der Waals surface area contributed by atoms with Gasteiger partial charge in [0.2, 0.25) is 3.79 Å². The molecule has 1 atom stereocenters. The minimum absolute atomic E-state index is 0.154. The van der Waals surface area contributed by atoms with Crippen LogP contribution in [0.25, 0.3) is 0 Å². The number of halogens is 6. The van der Waals surface area contributed by atoms with E-state index in [4.69, 9.17) is 39.5 Å². The summed E-state index contributed by atoms with van der Waals surface area (Å²) in [7, 11) is 0. The molecule has 0 aliphatic carbocycles. The second-order valence-corrected chi connectivity index (χ2v) is 8.57. The highest BCUT2D eigenvalue weighted by atomic mass is 35.6. The van der Waals surface area contributed by atoms with Crippen LogP contribution in [0.4, 0.5) is 28.4 Å². The minimum atomic E-state index is -4.70. The Morgan fingerprint density at radius 3 is 2.52 bits per heavy atom. The Morgan fingerprint density at radius 1 is 1.24 bits per heavy atom. The molecule has 1 aliphatic rings. The van der Waals surface area contributed by atoms with E-state index >= 15 is 0 Å². The van der Waals surface area contributed by atoms with Gasteiger partial charge in [0.1, 0.15) is 18.4 Å². The molecule has 0 radical (unpaired) electrons. The van der Waals surface area contributed by atoms with Gasteiger partial charge in [-0.1, -0.05) is 34.8 Å². The summed E-state index contributed by atoms with van der Waals surface area (Å²) in [5, 5.41) is 13.3. The number of piperidine rings is 1. The molecule has 1 unspecified atom stereocenters. The first kappa shape index (κ1) is 23.5. The number of likely N-dealkylation sites (tertiary alicyclic amines) is 1. The number of nitrogens with zero attached hydrogens (tertiary/aromatic N) is 1. The van der Waals surface area contributed by atoms with E-state index in [9.17, 15) is 27.9 Å². The van der Waals surface area contributed by atoms with Crippen LogP contribution < -0.4 is 15.2 Å². The third-order valence-corrected chi connectivity index (χ3v) is 4.18. The van der Waals surface area contributed by atoms with Gasteiger partial charge in [-0.15, -0.1) is 0 Å². The maximum Gasteiger partial charge on any atom is 0.416 e. The number of benzene rings is 1. The first-order valence-electron chi connectivity index (χ1n) is 8.23. The standard InChI is InChI=1S/C16H16Cl3F3N2O5/c17-15(18,19)8-28-13(25)23-10-7-9(16(20,21)22)4-5-11(10)29-12-3-1-2-6-24(12)14(26)27/h4-5,7,12H,1-3,6,8H2,(H,23,25)(H,26,27)/p-1. The Balaban J connectivity index is 2.26. The number of carboxylic acid groups (broad SMARTS) is 1. The molecule has 1 aromatic carbocycles. The number of rotatable bonds is 4. The van der Waals surface area contributed by atoms with Crippen LogP contribution in [0.5, 0.6) is 5.75 Å². The van der Waals surface area contributed by atoms with Gasteiger partial charge in [-0.3, -0.25) is 5.32 Å². The zero-order valence-corrected chi connectivity index (χ0v) is 16.9. The Hall–Kier alpha value is -1.78. The molecule has 162 valence electrons. The Bertz CT molecular complexity index is 758. The quantitative estimate of drug-likeness (QED) is 0.656. The number of hydrogen-bond donors (Lipinski definition) is 1. The monoisotopic (exact) mass is 477 g/mol. The Kier molecular flexibility index (Phi) is 7.58. The minimum Gasteiger partial charge on any atom is -0.530 e. The fraction of sp³-hybridized carbons (Fsp3) is 0.500. The summed E-state index contributed by atoms with van der Waals surface area (Å²) < 4.78 is 47.4. The topological polar surface area (TPSA) is 90.9 Å². The summed E-state index contributed by atoms with van der Waals surface area (Å²) >= 11 is 16.4. The highest BCUT2D eigenvalue weighted by Crippen LogP contribution is 2.36. The lowest BCUT2D eigenvalue weighted by Crippen LogP contribution is -2.52. The van der Waals surface area contributed by atoms with Crippen molar-refractivity contribution in [2.24, 2.45) is 0 Å². The third kappa shape index (κ3) is 7.20. The fourth-order valence-corrected chi connectivity index (χ4v) is 2.74. The lowest BCUT2D eigenvalue weighted by atomic mass is 10.1. The number of anilines is 1. The average Bonchev–Trinajstić information content (AvgIpc) is 2.60. The van der Waals surface area contributed by atoms with Crippen LogP contribution >= 0.6 is 34.8 Å². The van der Waals surface area contributed by atoms with Crippen LogP contribution in [0.3, 0.4) is 0 Å². The van der Waals surface area contributed by atoms with Crippen LogP contribution in [-0.4, -0.2) is 40.3 Å². The molecule has 7 nitrogen and oxygen atoms in total. The first-order chi connectivity index (χ1) is 13.4. The SMILES string of the molecule is O=C(Nc1cc(C(F)(F)F)ccc1OC1CCCCN1C(=O)[O-])OCC(Cl)(Cl)Cl. The molecule has 1 aromatic rings. The van der Waals surface area contributed by atoms with Crippen molar-refractivity contribution in [2.75, 3.05) is 18.5 Å². The maximum absolute atomic E-state index is 13.0. The highest BCUT2D eigenvalue weighted by Gasteiger charge is 2.32. The fourth-order valence-electron chi connectivity index (χ4n) is 2.58. The summed E-state index contributed by atoms with van der Waals surface area (Å²) in [4.78, 5) is 24.0. The molecule has 29 heavy (non-hydrogen) atoms. The summed E-state index contributed by atoms with van der Waals surface area (Å²) in [5.74, 6) is -0.193. The molecule has 0 saturated carbocycles. The molecule has 1 heterocycles. The molecule has 0 spiro atoms. The predicted molar refractivity (Wildman–Crippen MR) is 97.1 cm³/mol. The smallest absolute Gasteiger partial charge is 0.416 e. The second-order valence-electron chi connectivity index (χ2n) is 6.05. The van der Waals surface area contributed by atoms with E-state index in [1.165, 1.54) is 0 Å². The van der Waals surface area contributed by atoms with Crippen molar-refractivity contribution in [2.45, 2.75) is 35.5 Å². The molecular formula is C16H15Cl3F3N2O5-. The molecule has 0 aromatic heterocycles. The molecule has 1 fully saturated rings. The Labute approximate surface area is 178 Å². The van der Waals surface area contributed by atoms with Crippen molar-refractivity contribution in [1.82, 2.24) is 4.90 Å². The lowest BCUT2D eigenvalue weighted by molar-refractivity contribution is -0.274. The van der Waals surface area contributed by atoms with Gasteiger partial charge in [0.25, 0.3) is 0 Å². The second kappa shape index (κ2) is 9.36. The van der Waals surface area contributed by atoms with E-state index in [-0.39, 0.29) is 12.3 Å². The average molecular weight is 479 g/mol. The molecule has 2 rings (SSSR count). The number of alkyl halides is 6. The van der Waals surface area contributed by atoms with Crippen LogP contribution in [-0.2, 0) is 10.9 Å². The zero-order valence-electron chi connectivity index (χ0n) is 14.6. The van der Waals surface area contributed by atoms with Gasteiger partial charge in [0.05, 0.1) is 11.3 Å². The molecule has 13 heteroatoms.